The fourth-order valence-corrected chi connectivity index (χ4v) is 3.86. The molecule has 7 nitrogen and oxygen atoms in total. The number of hydrogen-bond acceptors (Lipinski definition) is 4. The second kappa shape index (κ2) is 8.47. The molecule has 4 aromatic rings. The van der Waals surface area contributed by atoms with E-state index in [1.807, 2.05) is 0 Å². The van der Waals surface area contributed by atoms with Crippen LogP contribution in [-0.2, 0) is 18.3 Å². The lowest BCUT2D eigenvalue weighted by molar-refractivity contribution is 0.186. The highest BCUT2D eigenvalue weighted by Gasteiger charge is 2.18. The standard InChI is InChI=1S/C24H24FN3O4/c1-14-9-16(25)10-15(2)23(14)32-20-13-28(7-8-31-4)21(29)11-18(20)19-12-27(3)24(30)22-17(19)5-6-26-22/h5-6,9-13,26H,7-8H2,1-4H3. The van der Waals surface area contributed by atoms with Crippen molar-refractivity contribution in [1.82, 2.24) is 14.1 Å². The molecule has 4 rings (SSSR count). The van der Waals surface area contributed by atoms with Gasteiger partial charge in [0.15, 0.2) is 5.75 Å². The van der Waals surface area contributed by atoms with E-state index >= 15 is 0 Å². The Hall–Kier alpha value is -3.65. The number of aromatic nitrogens is 3. The summed E-state index contributed by atoms with van der Waals surface area (Å²) in [7, 11) is 3.22. The number of halogens is 1. The molecule has 3 heterocycles. The van der Waals surface area contributed by atoms with Crippen molar-refractivity contribution in [3.8, 4) is 22.6 Å². The molecule has 3 aromatic heterocycles. The SMILES string of the molecule is COCCn1cc(Oc2c(C)cc(F)cc2C)c(-c2cn(C)c(=O)c3[nH]ccc23)cc1=O. The van der Waals surface area contributed by atoms with Gasteiger partial charge in [-0.15, -0.1) is 0 Å². The normalized spacial score (nSPS) is 11.3. The Morgan fingerprint density at radius 3 is 2.47 bits per heavy atom. The quantitative estimate of drug-likeness (QED) is 0.496. The molecule has 0 aliphatic heterocycles. The molecule has 0 unspecified atom stereocenters. The minimum absolute atomic E-state index is 0.171. The van der Waals surface area contributed by atoms with Gasteiger partial charge in [-0.3, -0.25) is 9.59 Å². The Labute approximate surface area is 183 Å². The number of ether oxygens (including phenoxy) is 2. The number of pyridine rings is 2. The van der Waals surface area contributed by atoms with Crippen molar-refractivity contribution in [1.29, 1.82) is 0 Å². The minimum atomic E-state index is -0.343. The molecule has 0 aliphatic rings. The van der Waals surface area contributed by atoms with E-state index in [1.54, 1.807) is 52.7 Å². The fourth-order valence-electron chi connectivity index (χ4n) is 3.86. The van der Waals surface area contributed by atoms with Crippen molar-refractivity contribution in [3.63, 3.8) is 0 Å². The average Bonchev–Trinajstić information content (AvgIpc) is 3.23. The van der Waals surface area contributed by atoms with Crippen LogP contribution in [0.2, 0.25) is 0 Å². The molecule has 1 aromatic carbocycles. The summed E-state index contributed by atoms with van der Waals surface area (Å²) >= 11 is 0. The van der Waals surface area contributed by atoms with Gasteiger partial charge in [0, 0.05) is 55.7 Å². The van der Waals surface area contributed by atoms with Crippen LogP contribution in [-0.4, -0.2) is 27.8 Å². The lowest BCUT2D eigenvalue weighted by atomic mass is 10.0. The number of aryl methyl sites for hydroxylation is 3. The molecule has 0 fully saturated rings. The Morgan fingerprint density at radius 2 is 1.78 bits per heavy atom. The highest BCUT2D eigenvalue weighted by atomic mass is 19.1. The van der Waals surface area contributed by atoms with Crippen molar-refractivity contribution in [2.45, 2.75) is 20.4 Å². The molecule has 0 radical (unpaired) electrons. The van der Waals surface area contributed by atoms with E-state index in [0.717, 1.165) is 0 Å². The molecule has 1 N–H and O–H groups in total. The molecule has 166 valence electrons. The van der Waals surface area contributed by atoms with E-state index in [1.165, 1.54) is 27.3 Å². The largest absolute Gasteiger partial charge is 0.455 e. The van der Waals surface area contributed by atoms with Crippen molar-refractivity contribution in [3.05, 3.63) is 80.5 Å². The summed E-state index contributed by atoms with van der Waals surface area (Å²) in [6, 6.07) is 6.09. The van der Waals surface area contributed by atoms with E-state index in [4.69, 9.17) is 9.47 Å². The van der Waals surface area contributed by atoms with E-state index in [2.05, 4.69) is 4.98 Å². The summed E-state index contributed by atoms with van der Waals surface area (Å²) in [5.41, 5.74) is 2.52. The van der Waals surface area contributed by atoms with Crippen LogP contribution < -0.4 is 15.9 Å². The van der Waals surface area contributed by atoms with Crippen LogP contribution in [0.5, 0.6) is 11.5 Å². The number of nitrogens with one attached hydrogen (secondary N) is 1. The van der Waals surface area contributed by atoms with Crippen LogP contribution in [0.4, 0.5) is 4.39 Å². The minimum Gasteiger partial charge on any atom is -0.455 e. The van der Waals surface area contributed by atoms with Crippen LogP contribution in [0.15, 0.2) is 52.4 Å². The molecule has 0 aliphatic carbocycles. The van der Waals surface area contributed by atoms with Gasteiger partial charge in [0.1, 0.15) is 17.1 Å². The first-order valence-corrected chi connectivity index (χ1v) is 10.1. The maximum Gasteiger partial charge on any atom is 0.274 e. The zero-order chi connectivity index (χ0) is 23.0. The van der Waals surface area contributed by atoms with E-state index in [-0.39, 0.29) is 16.9 Å². The zero-order valence-electron chi connectivity index (χ0n) is 18.4. The second-order valence-corrected chi connectivity index (χ2v) is 7.77. The second-order valence-electron chi connectivity index (χ2n) is 7.77. The summed E-state index contributed by atoms with van der Waals surface area (Å²) in [4.78, 5) is 28.3. The Kier molecular flexibility index (Phi) is 5.71. The number of methoxy groups -OCH3 is 1. The van der Waals surface area contributed by atoms with Crippen LogP contribution in [0, 0.1) is 19.7 Å². The number of fused-ring (bicyclic) bond motifs is 1. The first kappa shape index (κ1) is 21.6. The summed E-state index contributed by atoms with van der Waals surface area (Å²) in [6.45, 7) is 4.24. The third kappa shape index (κ3) is 3.85. The van der Waals surface area contributed by atoms with Gasteiger partial charge in [-0.1, -0.05) is 0 Å². The lowest BCUT2D eigenvalue weighted by Crippen LogP contribution is -2.22. The topological polar surface area (TPSA) is 78.2 Å². The van der Waals surface area contributed by atoms with Crippen molar-refractivity contribution in [2.24, 2.45) is 7.05 Å². The van der Waals surface area contributed by atoms with Gasteiger partial charge in [0.05, 0.1) is 12.8 Å². The molecular weight excluding hydrogens is 413 g/mol. The predicted octanol–water partition coefficient (Wildman–Crippen LogP) is 3.89. The van der Waals surface area contributed by atoms with Gasteiger partial charge in [-0.25, -0.2) is 4.39 Å². The van der Waals surface area contributed by atoms with Crippen molar-refractivity contribution >= 4 is 10.9 Å². The van der Waals surface area contributed by atoms with Gasteiger partial charge >= 0.3 is 0 Å². The van der Waals surface area contributed by atoms with Gasteiger partial charge in [0.2, 0.25) is 0 Å². The predicted molar refractivity (Wildman–Crippen MR) is 121 cm³/mol. The Bertz CT molecular complexity index is 1410. The Morgan fingerprint density at radius 1 is 1.06 bits per heavy atom. The summed E-state index contributed by atoms with van der Waals surface area (Å²) in [6.07, 6.45) is 5.00. The Balaban J connectivity index is 1.97. The highest BCUT2D eigenvalue weighted by Crippen LogP contribution is 2.37. The lowest BCUT2D eigenvalue weighted by Gasteiger charge is -2.18. The van der Waals surface area contributed by atoms with E-state index in [9.17, 15) is 14.0 Å². The molecule has 0 bridgehead atoms. The first-order valence-electron chi connectivity index (χ1n) is 10.1. The molecule has 0 spiro atoms. The monoisotopic (exact) mass is 437 g/mol. The summed E-state index contributed by atoms with van der Waals surface area (Å²) < 4.78 is 28.2. The van der Waals surface area contributed by atoms with Crippen LogP contribution >= 0.6 is 0 Å². The molecule has 32 heavy (non-hydrogen) atoms. The smallest absolute Gasteiger partial charge is 0.274 e. The van der Waals surface area contributed by atoms with Gasteiger partial charge < -0.3 is 23.6 Å². The van der Waals surface area contributed by atoms with Crippen molar-refractivity contribution < 1.29 is 13.9 Å². The number of aromatic amines is 1. The van der Waals surface area contributed by atoms with Crippen molar-refractivity contribution in [2.75, 3.05) is 13.7 Å². The maximum absolute atomic E-state index is 13.8. The first-order chi connectivity index (χ1) is 15.3. The molecule has 8 heteroatoms. The van der Waals surface area contributed by atoms with Crippen LogP contribution in [0.1, 0.15) is 11.1 Å². The van der Waals surface area contributed by atoms with E-state index in [0.29, 0.717) is 57.8 Å². The van der Waals surface area contributed by atoms with E-state index < -0.39 is 0 Å². The molecule has 0 saturated heterocycles. The number of rotatable bonds is 6. The molecule has 0 atom stereocenters. The summed E-state index contributed by atoms with van der Waals surface area (Å²) in [5, 5.41) is 0.680. The molecular formula is C24H24FN3O4. The molecule has 0 amide bonds. The van der Waals surface area contributed by atoms with Gasteiger partial charge in [-0.05, 0) is 43.2 Å². The highest BCUT2D eigenvalue weighted by molar-refractivity contribution is 5.95. The number of nitrogens with zero attached hydrogens (tertiary/aromatic N) is 2. The van der Waals surface area contributed by atoms with Crippen LogP contribution in [0.3, 0.4) is 0 Å². The zero-order valence-corrected chi connectivity index (χ0v) is 18.4. The summed E-state index contributed by atoms with van der Waals surface area (Å²) in [5.74, 6) is 0.587. The maximum atomic E-state index is 13.8. The molecule has 0 saturated carbocycles. The number of H-pyrrole nitrogens is 1. The average molecular weight is 437 g/mol. The van der Waals surface area contributed by atoms with Gasteiger partial charge in [0.25, 0.3) is 11.1 Å². The third-order valence-electron chi connectivity index (χ3n) is 5.45. The fraction of sp³-hybridized carbons (Fsp3) is 0.250. The number of benzene rings is 1. The number of hydrogen-bond donors (Lipinski definition) is 1. The van der Waals surface area contributed by atoms with Gasteiger partial charge in [-0.2, -0.15) is 0 Å². The third-order valence-corrected chi connectivity index (χ3v) is 5.45. The van der Waals surface area contributed by atoms with Crippen LogP contribution in [0.25, 0.3) is 22.0 Å².